The Hall–Kier alpha value is -3.26. The number of aromatic nitrogens is 4. The number of nitrogens with one attached hydrogen (secondary N) is 1. The van der Waals surface area contributed by atoms with Crippen LogP contribution in [0.5, 0.6) is 0 Å². The maximum Gasteiger partial charge on any atom is 0.275 e. The molecule has 0 unspecified atom stereocenters. The van der Waals surface area contributed by atoms with Crippen molar-refractivity contribution in [1.82, 2.24) is 19.9 Å². The highest BCUT2D eigenvalue weighted by atomic mass is 35.5. The van der Waals surface area contributed by atoms with Gasteiger partial charge >= 0.3 is 0 Å². The first-order valence-corrected chi connectivity index (χ1v) is 9.23. The van der Waals surface area contributed by atoms with Gasteiger partial charge in [-0.05, 0) is 18.2 Å². The molecule has 1 fully saturated rings. The Balaban J connectivity index is 1.37. The van der Waals surface area contributed by atoms with Gasteiger partial charge in [0, 0.05) is 38.6 Å². The molecule has 28 heavy (non-hydrogen) atoms. The number of hydrogen-bond donors (Lipinski definition) is 1. The van der Waals surface area contributed by atoms with Crippen molar-refractivity contribution in [2.24, 2.45) is 0 Å². The monoisotopic (exact) mass is 395 g/mol. The van der Waals surface area contributed by atoms with Crippen LogP contribution in [0, 0.1) is 0 Å². The number of hydrogen-bond acceptors (Lipinski definition) is 7. The fourth-order valence-electron chi connectivity index (χ4n) is 2.94. The lowest BCUT2D eigenvalue weighted by Gasteiger charge is -2.35. The van der Waals surface area contributed by atoms with Crippen LogP contribution in [0.1, 0.15) is 10.5 Å². The summed E-state index contributed by atoms with van der Waals surface area (Å²) < 4.78 is 0. The van der Waals surface area contributed by atoms with Crippen molar-refractivity contribution in [3.8, 4) is 0 Å². The summed E-state index contributed by atoms with van der Waals surface area (Å²) in [4.78, 5) is 33.8. The minimum atomic E-state index is -0.349. The van der Waals surface area contributed by atoms with Crippen LogP contribution in [-0.4, -0.2) is 52.0 Å². The van der Waals surface area contributed by atoms with E-state index in [4.69, 9.17) is 11.6 Å². The van der Waals surface area contributed by atoms with E-state index in [1.54, 1.807) is 48.9 Å². The average Bonchev–Trinajstić information content (AvgIpc) is 2.76. The van der Waals surface area contributed by atoms with Gasteiger partial charge in [-0.15, -0.1) is 0 Å². The van der Waals surface area contributed by atoms with E-state index < -0.39 is 0 Å². The highest BCUT2D eigenvalue weighted by Gasteiger charge is 2.20. The second kappa shape index (κ2) is 8.18. The van der Waals surface area contributed by atoms with Gasteiger partial charge in [0.1, 0.15) is 11.5 Å². The van der Waals surface area contributed by atoms with Gasteiger partial charge in [0.25, 0.3) is 5.91 Å². The zero-order valence-corrected chi connectivity index (χ0v) is 15.8. The number of carbonyl (C=O) groups is 1. The lowest BCUT2D eigenvalue weighted by Crippen LogP contribution is -2.47. The van der Waals surface area contributed by atoms with Gasteiger partial charge in [-0.3, -0.25) is 4.79 Å². The van der Waals surface area contributed by atoms with Crippen LogP contribution in [0.15, 0.2) is 55.1 Å². The van der Waals surface area contributed by atoms with E-state index in [0.29, 0.717) is 10.7 Å². The number of halogens is 1. The van der Waals surface area contributed by atoms with E-state index in [1.807, 2.05) is 0 Å². The van der Waals surface area contributed by atoms with Gasteiger partial charge in [0.15, 0.2) is 0 Å². The minimum Gasteiger partial charge on any atom is -0.352 e. The van der Waals surface area contributed by atoms with E-state index in [0.717, 1.165) is 37.9 Å². The van der Waals surface area contributed by atoms with Crippen LogP contribution >= 0.6 is 11.6 Å². The molecular weight excluding hydrogens is 378 g/mol. The molecular formula is C19H18ClN7O. The van der Waals surface area contributed by atoms with E-state index in [1.165, 1.54) is 6.20 Å². The molecule has 1 N–H and O–H groups in total. The number of benzene rings is 1. The van der Waals surface area contributed by atoms with Gasteiger partial charge < -0.3 is 15.1 Å². The first kappa shape index (κ1) is 18.1. The largest absolute Gasteiger partial charge is 0.352 e. The normalized spacial score (nSPS) is 14.0. The molecule has 1 amide bonds. The molecule has 4 rings (SSSR count). The Bertz CT molecular complexity index is 944. The smallest absolute Gasteiger partial charge is 0.275 e. The Labute approximate surface area is 167 Å². The van der Waals surface area contributed by atoms with E-state index in [9.17, 15) is 4.79 Å². The Morgan fingerprint density at radius 2 is 1.61 bits per heavy atom. The molecule has 9 heteroatoms. The quantitative estimate of drug-likeness (QED) is 0.726. The third-order valence-corrected chi connectivity index (χ3v) is 4.76. The zero-order chi connectivity index (χ0) is 19.3. The Kier molecular flexibility index (Phi) is 5.29. The van der Waals surface area contributed by atoms with Crippen molar-refractivity contribution in [3.63, 3.8) is 0 Å². The lowest BCUT2D eigenvalue weighted by molar-refractivity contribution is 0.102. The van der Waals surface area contributed by atoms with Gasteiger partial charge in [-0.25, -0.2) is 19.9 Å². The summed E-state index contributed by atoms with van der Waals surface area (Å²) in [6.45, 7) is 3.14. The number of amides is 1. The second-order valence-corrected chi connectivity index (χ2v) is 6.62. The Morgan fingerprint density at radius 3 is 2.29 bits per heavy atom. The van der Waals surface area contributed by atoms with Crippen molar-refractivity contribution in [2.75, 3.05) is 41.3 Å². The molecule has 1 saturated heterocycles. The van der Waals surface area contributed by atoms with E-state index in [2.05, 4.69) is 35.1 Å². The maximum absolute atomic E-state index is 12.3. The van der Waals surface area contributed by atoms with Crippen molar-refractivity contribution < 1.29 is 4.79 Å². The molecule has 0 aliphatic carbocycles. The van der Waals surface area contributed by atoms with Crippen LogP contribution < -0.4 is 15.1 Å². The van der Waals surface area contributed by atoms with Crippen molar-refractivity contribution >= 4 is 35.0 Å². The molecule has 0 spiro atoms. The van der Waals surface area contributed by atoms with Crippen LogP contribution in [-0.2, 0) is 0 Å². The van der Waals surface area contributed by atoms with Crippen LogP contribution in [0.2, 0.25) is 5.02 Å². The predicted octanol–water partition coefficient (Wildman–Crippen LogP) is 2.50. The predicted molar refractivity (Wildman–Crippen MR) is 108 cm³/mol. The topological polar surface area (TPSA) is 87.1 Å². The molecule has 8 nitrogen and oxygen atoms in total. The number of nitrogens with zero attached hydrogens (tertiary/aromatic N) is 6. The maximum atomic E-state index is 12.3. The molecule has 0 radical (unpaired) electrons. The number of piperazine rings is 1. The summed E-state index contributed by atoms with van der Waals surface area (Å²) in [5.41, 5.74) is 0.777. The van der Waals surface area contributed by atoms with Gasteiger partial charge in [-0.2, -0.15) is 0 Å². The summed E-state index contributed by atoms with van der Waals surface area (Å²) in [5.74, 6) is 1.13. The molecule has 2 aromatic heterocycles. The minimum absolute atomic E-state index is 0.236. The zero-order valence-electron chi connectivity index (χ0n) is 15.0. The number of rotatable bonds is 4. The molecule has 3 heterocycles. The summed E-state index contributed by atoms with van der Waals surface area (Å²) >= 11 is 6.07. The number of para-hydroxylation sites is 1. The van der Waals surface area contributed by atoms with Crippen LogP contribution in [0.4, 0.5) is 17.5 Å². The highest BCUT2D eigenvalue weighted by molar-refractivity contribution is 6.33. The van der Waals surface area contributed by atoms with Crippen molar-refractivity contribution in [1.29, 1.82) is 0 Å². The first-order chi connectivity index (χ1) is 13.7. The van der Waals surface area contributed by atoms with Crippen LogP contribution in [0.25, 0.3) is 0 Å². The van der Waals surface area contributed by atoms with Gasteiger partial charge in [-0.1, -0.05) is 23.7 Å². The molecule has 142 valence electrons. The molecule has 1 aliphatic heterocycles. The van der Waals surface area contributed by atoms with E-state index in [-0.39, 0.29) is 11.6 Å². The summed E-state index contributed by atoms with van der Waals surface area (Å²) in [6.07, 6.45) is 6.59. The Morgan fingerprint density at radius 1 is 0.893 bits per heavy atom. The molecule has 0 bridgehead atoms. The number of carbonyl (C=O) groups excluding carboxylic acids is 1. The average molecular weight is 396 g/mol. The van der Waals surface area contributed by atoms with E-state index >= 15 is 0 Å². The van der Waals surface area contributed by atoms with Crippen molar-refractivity contribution in [3.05, 3.63) is 65.8 Å². The molecule has 0 atom stereocenters. The standard InChI is InChI=1S/C19H18ClN7O/c20-14-4-1-2-5-15(14)25-18(28)16-12-24-17(13-23-16)26-8-10-27(11-9-26)19-21-6-3-7-22-19/h1-7,12-13H,8-11H2,(H,25,28). The van der Waals surface area contributed by atoms with Crippen LogP contribution in [0.3, 0.4) is 0 Å². The third-order valence-electron chi connectivity index (χ3n) is 4.43. The second-order valence-electron chi connectivity index (χ2n) is 6.22. The van der Waals surface area contributed by atoms with Crippen molar-refractivity contribution in [2.45, 2.75) is 0 Å². The lowest BCUT2D eigenvalue weighted by atomic mass is 10.3. The first-order valence-electron chi connectivity index (χ1n) is 8.85. The van der Waals surface area contributed by atoms with Gasteiger partial charge in [0.2, 0.25) is 5.95 Å². The molecule has 0 saturated carbocycles. The third kappa shape index (κ3) is 4.01. The highest BCUT2D eigenvalue weighted by Crippen LogP contribution is 2.21. The molecule has 3 aromatic rings. The summed E-state index contributed by atoms with van der Waals surface area (Å²) in [5, 5.41) is 3.21. The summed E-state index contributed by atoms with van der Waals surface area (Å²) in [6, 6.07) is 8.86. The molecule has 1 aliphatic rings. The molecule has 1 aromatic carbocycles. The SMILES string of the molecule is O=C(Nc1ccccc1Cl)c1cnc(N2CCN(c3ncccn3)CC2)cn1. The fraction of sp³-hybridized carbons (Fsp3) is 0.211. The number of anilines is 3. The fourth-order valence-corrected chi connectivity index (χ4v) is 3.12. The van der Waals surface area contributed by atoms with Gasteiger partial charge in [0.05, 0.1) is 23.1 Å². The summed E-state index contributed by atoms with van der Waals surface area (Å²) in [7, 11) is 0.